The zero-order valence-corrected chi connectivity index (χ0v) is 16.0. The highest BCUT2D eigenvalue weighted by Gasteiger charge is 2.19. The molecule has 0 fully saturated rings. The highest BCUT2D eigenvalue weighted by molar-refractivity contribution is 6.03. The molecule has 1 amide bonds. The van der Waals surface area contributed by atoms with E-state index in [1.165, 1.54) is 16.9 Å². The molecule has 9 nitrogen and oxygen atoms in total. The average molecular weight is 403 g/mol. The van der Waals surface area contributed by atoms with Gasteiger partial charge in [-0.05, 0) is 41.5 Å². The Bertz CT molecular complexity index is 1220. The summed E-state index contributed by atoms with van der Waals surface area (Å²) < 4.78 is 11.6. The van der Waals surface area contributed by atoms with Gasteiger partial charge in [0.25, 0.3) is 5.91 Å². The van der Waals surface area contributed by atoms with E-state index in [1.54, 1.807) is 36.4 Å². The van der Waals surface area contributed by atoms with Crippen LogP contribution in [0.4, 0.5) is 5.82 Å². The Morgan fingerprint density at radius 3 is 2.57 bits per heavy atom. The average Bonchev–Trinajstić information content (AvgIpc) is 3.23. The normalized spacial score (nSPS) is 10.6. The third kappa shape index (κ3) is 3.95. The van der Waals surface area contributed by atoms with Crippen molar-refractivity contribution in [1.82, 2.24) is 20.1 Å². The van der Waals surface area contributed by atoms with E-state index in [-0.39, 0.29) is 11.5 Å². The predicted octanol–water partition coefficient (Wildman–Crippen LogP) is 2.93. The zero-order valence-electron chi connectivity index (χ0n) is 16.0. The number of hydrogen-bond donors (Lipinski definition) is 1. The van der Waals surface area contributed by atoms with Crippen molar-refractivity contribution in [1.29, 1.82) is 0 Å². The van der Waals surface area contributed by atoms with Crippen LogP contribution in [-0.4, -0.2) is 32.6 Å². The Hall–Kier alpha value is -4.27. The van der Waals surface area contributed by atoms with Crippen LogP contribution in [-0.2, 0) is 0 Å². The third-order valence-electron chi connectivity index (χ3n) is 4.20. The first kappa shape index (κ1) is 19.1. The van der Waals surface area contributed by atoms with Gasteiger partial charge in [-0.1, -0.05) is 30.3 Å². The summed E-state index contributed by atoms with van der Waals surface area (Å²) in [5, 5.41) is 14.3. The Balaban J connectivity index is 1.60. The largest absolute Gasteiger partial charge is 0.494 e. The van der Waals surface area contributed by atoms with Gasteiger partial charge in [0.05, 0.1) is 12.3 Å². The van der Waals surface area contributed by atoms with E-state index in [2.05, 4.69) is 20.7 Å². The molecular weight excluding hydrogens is 386 g/mol. The first-order valence-corrected chi connectivity index (χ1v) is 9.18. The van der Waals surface area contributed by atoms with Crippen LogP contribution in [0.5, 0.6) is 5.75 Å². The second kappa shape index (κ2) is 8.39. The molecule has 0 bridgehead atoms. The number of amides is 1. The summed E-state index contributed by atoms with van der Waals surface area (Å²) in [4.78, 5) is 25.0. The predicted molar refractivity (Wildman–Crippen MR) is 109 cm³/mol. The number of carbonyl (C=O) groups excluding carboxylic acids is 1. The lowest BCUT2D eigenvalue weighted by molar-refractivity contribution is 0.101. The van der Waals surface area contributed by atoms with Crippen molar-refractivity contribution in [2.45, 2.75) is 6.92 Å². The number of rotatable bonds is 6. The zero-order chi connectivity index (χ0) is 20.9. The Labute approximate surface area is 170 Å². The standard InChI is InChI=1S/C21H17N5O4/c1-2-29-16-10-8-15(9-11-16)26-13-12-17(27)19(23-26)21(28)22-20-18(24-30-25-20)14-6-4-3-5-7-14/h3-13H,2H2,1H3,(H,22,25,28). The molecule has 0 aliphatic rings. The summed E-state index contributed by atoms with van der Waals surface area (Å²) in [7, 11) is 0. The van der Waals surface area contributed by atoms with Crippen LogP contribution in [0.2, 0.25) is 0 Å². The Kier molecular flexibility index (Phi) is 5.33. The second-order valence-corrected chi connectivity index (χ2v) is 6.18. The van der Waals surface area contributed by atoms with Crippen LogP contribution >= 0.6 is 0 Å². The molecule has 9 heteroatoms. The topological polar surface area (TPSA) is 112 Å². The van der Waals surface area contributed by atoms with Crippen molar-refractivity contribution in [3.8, 4) is 22.7 Å². The molecule has 0 atom stereocenters. The summed E-state index contributed by atoms with van der Waals surface area (Å²) in [6, 6.07) is 17.5. The van der Waals surface area contributed by atoms with Gasteiger partial charge >= 0.3 is 0 Å². The molecule has 0 unspecified atom stereocenters. The van der Waals surface area contributed by atoms with Crippen molar-refractivity contribution >= 4 is 11.7 Å². The van der Waals surface area contributed by atoms with Crippen molar-refractivity contribution in [3.63, 3.8) is 0 Å². The molecule has 30 heavy (non-hydrogen) atoms. The van der Waals surface area contributed by atoms with E-state index in [4.69, 9.17) is 9.37 Å². The van der Waals surface area contributed by atoms with Gasteiger partial charge in [0, 0.05) is 17.8 Å². The van der Waals surface area contributed by atoms with Gasteiger partial charge in [0.15, 0.2) is 11.4 Å². The van der Waals surface area contributed by atoms with E-state index < -0.39 is 11.3 Å². The van der Waals surface area contributed by atoms with Gasteiger partial charge in [-0.15, -0.1) is 0 Å². The summed E-state index contributed by atoms with van der Waals surface area (Å²) >= 11 is 0. The van der Waals surface area contributed by atoms with Crippen molar-refractivity contribution in [2.75, 3.05) is 11.9 Å². The lowest BCUT2D eigenvalue weighted by atomic mass is 10.1. The van der Waals surface area contributed by atoms with Crippen LogP contribution in [0.25, 0.3) is 16.9 Å². The molecule has 1 N–H and O–H groups in total. The van der Waals surface area contributed by atoms with Gasteiger partial charge in [-0.2, -0.15) is 5.10 Å². The van der Waals surface area contributed by atoms with E-state index >= 15 is 0 Å². The maximum absolute atomic E-state index is 12.7. The third-order valence-corrected chi connectivity index (χ3v) is 4.20. The molecule has 0 aliphatic carbocycles. The maximum Gasteiger partial charge on any atom is 0.281 e. The van der Waals surface area contributed by atoms with E-state index in [0.29, 0.717) is 29.3 Å². The highest BCUT2D eigenvalue weighted by Crippen LogP contribution is 2.24. The number of nitrogens with zero attached hydrogens (tertiary/aromatic N) is 4. The van der Waals surface area contributed by atoms with Gasteiger partial charge in [0.2, 0.25) is 11.2 Å². The molecular formula is C21H17N5O4. The quantitative estimate of drug-likeness (QED) is 0.527. The van der Waals surface area contributed by atoms with Crippen molar-refractivity contribution in [2.24, 2.45) is 0 Å². The van der Waals surface area contributed by atoms with Crippen LogP contribution in [0, 0.1) is 0 Å². The van der Waals surface area contributed by atoms with Crippen molar-refractivity contribution < 1.29 is 14.2 Å². The number of anilines is 1. The van der Waals surface area contributed by atoms with Gasteiger partial charge in [-0.3, -0.25) is 9.59 Å². The molecule has 2 heterocycles. The summed E-state index contributed by atoms with van der Waals surface area (Å²) in [5.74, 6) is 0.101. The summed E-state index contributed by atoms with van der Waals surface area (Å²) in [6.45, 7) is 2.46. The van der Waals surface area contributed by atoms with E-state index in [9.17, 15) is 9.59 Å². The fourth-order valence-electron chi connectivity index (χ4n) is 2.79. The lowest BCUT2D eigenvalue weighted by Crippen LogP contribution is -2.25. The van der Waals surface area contributed by atoms with Crippen LogP contribution in [0.15, 0.2) is 76.3 Å². The molecule has 0 saturated heterocycles. The smallest absolute Gasteiger partial charge is 0.281 e. The minimum Gasteiger partial charge on any atom is -0.494 e. The Morgan fingerprint density at radius 2 is 1.83 bits per heavy atom. The molecule has 0 aliphatic heterocycles. The molecule has 4 aromatic rings. The first-order chi connectivity index (χ1) is 14.7. The number of benzene rings is 2. The van der Waals surface area contributed by atoms with Gasteiger partial charge < -0.3 is 10.1 Å². The first-order valence-electron chi connectivity index (χ1n) is 9.18. The summed E-state index contributed by atoms with van der Waals surface area (Å²) in [6.07, 6.45) is 1.49. The van der Waals surface area contributed by atoms with Crippen LogP contribution < -0.4 is 15.5 Å². The molecule has 2 aromatic carbocycles. The van der Waals surface area contributed by atoms with E-state index in [1.807, 2.05) is 25.1 Å². The molecule has 2 aromatic heterocycles. The minimum atomic E-state index is -0.715. The van der Waals surface area contributed by atoms with Gasteiger partial charge in [-0.25, -0.2) is 9.31 Å². The number of ether oxygens (including phenoxy) is 1. The molecule has 150 valence electrons. The Morgan fingerprint density at radius 1 is 1.07 bits per heavy atom. The molecule has 4 rings (SSSR count). The molecule has 0 spiro atoms. The van der Waals surface area contributed by atoms with Crippen molar-refractivity contribution in [3.05, 3.63) is 82.8 Å². The number of carbonyl (C=O) groups is 1. The fraction of sp³-hybridized carbons (Fsp3) is 0.0952. The van der Waals surface area contributed by atoms with Crippen LogP contribution in [0.3, 0.4) is 0 Å². The fourth-order valence-corrected chi connectivity index (χ4v) is 2.79. The molecule has 0 saturated carbocycles. The maximum atomic E-state index is 12.7. The molecule has 0 radical (unpaired) electrons. The highest BCUT2D eigenvalue weighted by atomic mass is 16.6. The minimum absolute atomic E-state index is 0.101. The second-order valence-electron chi connectivity index (χ2n) is 6.18. The van der Waals surface area contributed by atoms with Gasteiger partial charge in [0.1, 0.15) is 5.75 Å². The summed E-state index contributed by atoms with van der Waals surface area (Å²) in [5.41, 5.74) is 0.926. The number of nitrogens with one attached hydrogen (secondary N) is 1. The number of aromatic nitrogens is 4. The lowest BCUT2D eigenvalue weighted by Gasteiger charge is -2.09. The van der Waals surface area contributed by atoms with E-state index in [0.717, 1.165) is 0 Å². The SMILES string of the molecule is CCOc1ccc(-n2ccc(=O)c(C(=O)Nc3nonc3-c3ccccc3)n2)cc1. The number of hydrogen-bond acceptors (Lipinski definition) is 7. The van der Waals surface area contributed by atoms with Crippen LogP contribution in [0.1, 0.15) is 17.4 Å². The monoisotopic (exact) mass is 403 g/mol.